The molecule has 0 radical (unpaired) electrons. The van der Waals surface area contributed by atoms with Gasteiger partial charge in [-0.3, -0.25) is 4.79 Å². The summed E-state index contributed by atoms with van der Waals surface area (Å²) in [4.78, 5) is 12.2. The van der Waals surface area contributed by atoms with E-state index in [0.717, 1.165) is 5.56 Å². The van der Waals surface area contributed by atoms with Gasteiger partial charge in [0.1, 0.15) is 5.82 Å². The van der Waals surface area contributed by atoms with Gasteiger partial charge < -0.3 is 5.32 Å². The Morgan fingerprint density at radius 1 is 1.10 bits per heavy atom. The van der Waals surface area contributed by atoms with Gasteiger partial charge in [0, 0.05) is 17.5 Å². The van der Waals surface area contributed by atoms with E-state index in [1.54, 1.807) is 35.6 Å². The number of fused-ring (bicyclic) bond motifs is 1. The van der Waals surface area contributed by atoms with Crippen molar-refractivity contribution in [2.24, 2.45) is 0 Å². The molecule has 2 aromatic carbocycles. The normalized spacial score (nSPS) is 10.7. The van der Waals surface area contributed by atoms with Crippen LogP contribution in [0.15, 0.2) is 53.2 Å². The predicted molar refractivity (Wildman–Crippen MR) is 79.4 cm³/mol. The van der Waals surface area contributed by atoms with Gasteiger partial charge in [-0.15, -0.1) is 0 Å². The van der Waals surface area contributed by atoms with Crippen molar-refractivity contribution < 1.29 is 9.18 Å². The fourth-order valence-electron chi connectivity index (χ4n) is 2.13. The van der Waals surface area contributed by atoms with E-state index in [2.05, 4.69) is 5.32 Å². The quantitative estimate of drug-likeness (QED) is 0.775. The summed E-state index contributed by atoms with van der Waals surface area (Å²) < 4.78 is 13.7. The average molecular weight is 285 g/mol. The number of rotatable bonds is 3. The molecule has 0 aliphatic rings. The summed E-state index contributed by atoms with van der Waals surface area (Å²) in [5.74, 6) is -0.498. The van der Waals surface area contributed by atoms with E-state index in [1.807, 2.05) is 16.8 Å². The molecule has 4 heteroatoms. The molecule has 0 spiro atoms. The summed E-state index contributed by atoms with van der Waals surface area (Å²) in [7, 11) is 0. The van der Waals surface area contributed by atoms with Crippen molar-refractivity contribution in [3.63, 3.8) is 0 Å². The number of carbonyl (C=O) groups excluding carboxylic acids is 1. The van der Waals surface area contributed by atoms with Crippen LogP contribution in [0, 0.1) is 5.82 Å². The van der Waals surface area contributed by atoms with E-state index in [4.69, 9.17) is 0 Å². The first-order valence-electron chi connectivity index (χ1n) is 6.22. The van der Waals surface area contributed by atoms with Crippen LogP contribution >= 0.6 is 11.3 Å². The maximum absolute atomic E-state index is 13.7. The molecule has 0 saturated carbocycles. The van der Waals surface area contributed by atoms with Crippen LogP contribution < -0.4 is 5.32 Å². The molecule has 0 aliphatic heterocycles. The third-order valence-electron chi connectivity index (χ3n) is 3.15. The Balaban J connectivity index is 1.90. The van der Waals surface area contributed by atoms with Crippen LogP contribution in [0.3, 0.4) is 0 Å². The summed E-state index contributed by atoms with van der Waals surface area (Å²) >= 11 is 1.59. The number of hydrogen-bond donors (Lipinski definition) is 1. The van der Waals surface area contributed by atoms with Crippen LogP contribution in [0.25, 0.3) is 10.8 Å². The Labute approximate surface area is 119 Å². The number of thiophene rings is 1. The minimum Gasteiger partial charge on any atom is -0.348 e. The zero-order chi connectivity index (χ0) is 13.9. The Morgan fingerprint density at radius 2 is 1.90 bits per heavy atom. The highest BCUT2D eigenvalue weighted by Crippen LogP contribution is 2.21. The molecular formula is C16H12FNOS. The Morgan fingerprint density at radius 3 is 2.65 bits per heavy atom. The van der Waals surface area contributed by atoms with E-state index in [1.165, 1.54) is 12.1 Å². The summed E-state index contributed by atoms with van der Waals surface area (Å²) in [5.41, 5.74) is 1.56. The lowest BCUT2D eigenvalue weighted by molar-refractivity contribution is 0.0952. The fraction of sp³-hybridized carbons (Fsp3) is 0.0625. The highest BCUT2D eigenvalue weighted by molar-refractivity contribution is 7.07. The third kappa shape index (κ3) is 2.42. The maximum atomic E-state index is 13.7. The van der Waals surface area contributed by atoms with Crippen LogP contribution in [0.4, 0.5) is 4.39 Å². The van der Waals surface area contributed by atoms with Gasteiger partial charge in [0.15, 0.2) is 0 Å². The van der Waals surface area contributed by atoms with E-state index >= 15 is 0 Å². The topological polar surface area (TPSA) is 29.1 Å². The van der Waals surface area contributed by atoms with Crippen LogP contribution in [0.1, 0.15) is 15.9 Å². The molecule has 0 atom stereocenters. The Bertz CT molecular complexity index is 752. The largest absolute Gasteiger partial charge is 0.348 e. The first kappa shape index (κ1) is 12.8. The van der Waals surface area contributed by atoms with Crippen LogP contribution in [0.2, 0.25) is 0 Å². The van der Waals surface area contributed by atoms with Gasteiger partial charge in [0.2, 0.25) is 0 Å². The predicted octanol–water partition coefficient (Wildman–Crippen LogP) is 3.97. The fourth-order valence-corrected chi connectivity index (χ4v) is 2.80. The monoisotopic (exact) mass is 285 g/mol. The van der Waals surface area contributed by atoms with Gasteiger partial charge in [0.25, 0.3) is 5.91 Å². The molecule has 1 N–H and O–H groups in total. The van der Waals surface area contributed by atoms with Crippen molar-refractivity contribution in [2.75, 3.05) is 0 Å². The SMILES string of the molecule is O=C(NCc1ccsc1)c1ccc(F)c2ccccc12. The molecule has 1 amide bonds. The number of nitrogens with one attached hydrogen (secondary N) is 1. The number of carbonyl (C=O) groups is 1. The van der Waals surface area contributed by atoms with Crippen molar-refractivity contribution >= 4 is 28.0 Å². The molecule has 0 fully saturated rings. The molecule has 1 aromatic heterocycles. The lowest BCUT2D eigenvalue weighted by Crippen LogP contribution is -2.22. The number of amides is 1. The third-order valence-corrected chi connectivity index (χ3v) is 3.88. The standard InChI is InChI=1S/C16H12FNOS/c17-15-6-5-14(12-3-1-2-4-13(12)15)16(19)18-9-11-7-8-20-10-11/h1-8,10H,9H2,(H,18,19). The molecule has 3 aromatic rings. The van der Waals surface area contributed by atoms with Crippen LogP contribution in [0.5, 0.6) is 0 Å². The van der Waals surface area contributed by atoms with Gasteiger partial charge in [-0.2, -0.15) is 11.3 Å². The van der Waals surface area contributed by atoms with Gasteiger partial charge >= 0.3 is 0 Å². The first-order chi connectivity index (χ1) is 9.75. The molecule has 0 aliphatic carbocycles. The van der Waals surface area contributed by atoms with Gasteiger partial charge in [-0.05, 0) is 39.9 Å². The van der Waals surface area contributed by atoms with Crippen molar-refractivity contribution in [3.8, 4) is 0 Å². The van der Waals surface area contributed by atoms with Crippen molar-refractivity contribution in [1.29, 1.82) is 0 Å². The van der Waals surface area contributed by atoms with Crippen molar-refractivity contribution in [2.45, 2.75) is 6.54 Å². The molecule has 2 nitrogen and oxygen atoms in total. The number of hydrogen-bond acceptors (Lipinski definition) is 2. The van der Waals surface area contributed by atoms with E-state index in [-0.39, 0.29) is 11.7 Å². The van der Waals surface area contributed by atoms with E-state index < -0.39 is 0 Å². The molecule has 3 rings (SSSR count). The zero-order valence-corrected chi connectivity index (χ0v) is 11.4. The van der Waals surface area contributed by atoms with E-state index in [9.17, 15) is 9.18 Å². The maximum Gasteiger partial charge on any atom is 0.252 e. The second-order valence-corrected chi connectivity index (χ2v) is 5.23. The van der Waals surface area contributed by atoms with Gasteiger partial charge in [0.05, 0.1) is 0 Å². The first-order valence-corrected chi connectivity index (χ1v) is 7.16. The lowest BCUT2D eigenvalue weighted by atomic mass is 10.0. The van der Waals surface area contributed by atoms with Crippen LogP contribution in [-0.4, -0.2) is 5.91 Å². The average Bonchev–Trinajstić information content (AvgIpc) is 2.99. The molecule has 0 saturated heterocycles. The molecule has 0 unspecified atom stereocenters. The zero-order valence-electron chi connectivity index (χ0n) is 10.6. The smallest absolute Gasteiger partial charge is 0.252 e. The number of benzene rings is 2. The molecular weight excluding hydrogens is 273 g/mol. The minimum absolute atomic E-state index is 0.188. The summed E-state index contributed by atoms with van der Waals surface area (Å²) in [5, 5.41) is 7.92. The van der Waals surface area contributed by atoms with Gasteiger partial charge in [-0.25, -0.2) is 4.39 Å². The second kappa shape index (κ2) is 5.43. The second-order valence-electron chi connectivity index (χ2n) is 4.45. The Hall–Kier alpha value is -2.20. The van der Waals surface area contributed by atoms with Gasteiger partial charge in [-0.1, -0.05) is 24.3 Å². The van der Waals surface area contributed by atoms with Crippen molar-refractivity contribution in [3.05, 3.63) is 70.2 Å². The summed E-state index contributed by atoms with van der Waals surface area (Å²) in [6, 6.07) is 11.8. The summed E-state index contributed by atoms with van der Waals surface area (Å²) in [6.45, 7) is 0.480. The number of halogens is 1. The van der Waals surface area contributed by atoms with Crippen LogP contribution in [-0.2, 0) is 6.54 Å². The molecule has 0 bridgehead atoms. The van der Waals surface area contributed by atoms with E-state index in [0.29, 0.717) is 22.9 Å². The molecule has 100 valence electrons. The Kier molecular flexibility index (Phi) is 3.48. The van der Waals surface area contributed by atoms with Crippen molar-refractivity contribution in [1.82, 2.24) is 5.32 Å². The molecule has 1 heterocycles. The highest BCUT2D eigenvalue weighted by Gasteiger charge is 2.11. The minimum atomic E-state index is -0.310. The lowest BCUT2D eigenvalue weighted by Gasteiger charge is -2.08. The summed E-state index contributed by atoms with van der Waals surface area (Å²) in [6.07, 6.45) is 0. The molecule has 20 heavy (non-hydrogen) atoms. The highest BCUT2D eigenvalue weighted by atomic mass is 32.1.